The summed E-state index contributed by atoms with van der Waals surface area (Å²) in [5.74, 6) is 2.02. The van der Waals surface area contributed by atoms with Gasteiger partial charge in [0.25, 0.3) is 0 Å². The van der Waals surface area contributed by atoms with Crippen LogP contribution < -0.4 is 16.6 Å². The Morgan fingerprint density at radius 2 is 1.92 bits per heavy atom. The summed E-state index contributed by atoms with van der Waals surface area (Å²) in [5, 5.41) is 0.945. The molecule has 26 heavy (non-hydrogen) atoms. The van der Waals surface area contributed by atoms with Crippen molar-refractivity contribution in [3.05, 3.63) is 59.0 Å². The van der Waals surface area contributed by atoms with Gasteiger partial charge in [-0.05, 0) is 56.4 Å². The van der Waals surface area contributed by atoms with Gasteiger partial charge in [-0.15, -0.1) is 0 Å². The molecule has 1 aromatic carbocycles. The number of aromatic nitrogens is 3. The third-order valence-corrected chi connectivity index (χ3v) is 5.26. The highest BCUT2D eigenvalue weighted by atomic mass is 15.1. The number of hydrogen-bond donors (Lipinski definition) is 1. The summed E-state index contributed by atoms with van der Waals surface area (Å²) in [6.07, 6.45) is 7.49. The fourth-order valence-electron chi connectivity index (χ4n) is 3.64. The lowest BCUT2D eigenvalue weighted by Gasteiger charge is -2.13. The van der Waals surface area contributed by atoms with Crippen LogP contribution in [0.4, 0.5) is 5.82 Å². The van der Waals surface area contributed by atoms with Crippen molar-refractivity contribution < 1.29 is 0 Å². The summed E-state index contributed by atoms with van der Waals surface area (Å²) in [7, 11) is 0. The number of hydrogen-bond acceptors (Lipinski definition) is 4. The molecule has 130 valence electrons. The Kier molecular flexibility index (Phi) is 3.42. The average molecular weight is 343 g/mol. The van der Waals surface area contributed by atoms with Crippen molar-refractivity contribution in [2.45, 2.75) is 32.2 Å². The number of aryl methyl sites for hydroxylation is 1. The van der Waals surface area contributed by atoms with Gasteiger partial charge >= 0.3 is 0 Å². The molecular weight excluding hydrogens is 322 g/mol. The van der Waals surface area contributed by atoms with Gasteiger partial charge in [0.05, 0.1) is 11.6 Å². The van der Waals surface area contributed by atoms with Crippen molar-refractivity contribution in [3.8, 4) is 17.1 Å². The molecule has 5 heteroatoms. The minimum atomic E-state index is 0.377. The zero-order valence-electron chi connectivity index (χ0n) is 14.8. The monoisotopic (exact) mass is 343 g/mol. The van der Waals surface area contributed by atoms with Crippen LogP contribution in [0.3, 0.4) is 0 Å². The maximum absolute atomic E-state index is 6.16. The third-order valence-electron chi connectivity index (χ3n) is 5.26. The molecule has 1 unspecified atom stereocenters. The smallest absolute Gasteiger partial charge is 0.160 e. The number of anilines is 1. The fraction of sp³-hybridized carbons (Fsp3) is 0.286. The zero-order chi connectivity index (χ0) is 17.7. The maximum atomic E-state index is 6.16. The lowest BCUT2D eigenvalue weighted by Crippen LogP contribution is -2.35. The van der Waals surface area contributed by atoms with Crippen LogP contribution in [0.25, 0.3) is 23.2 Å². The predicted molar refractivity (Wildman–Crippen MR) is 102 cm³/mol. The molecule has 1 aliphatic carbocycles. The lowest BCUT2D eigenvalue weighted by atomic mass is 10.1. The molecule has 5 nitrogen and oxygen atoms in total. The molecule has 1 atom stereocenters. The van der Waals surface area contributed by atoms with E-state index in [4.69, 9.17) is 15.7 Å². The van der Waals surface area contributed by atoms with E-state index in [2.05, 4.69) is 46.8 Å². The molecule has 0 bridgehead atoms. The summed E-state index contributed by atoms with van der Waals surface area (Å²) >= 11 is 0. The number of benzene rings is 1. The molecule has 1 fully saturated rings. The number of nitrogens with zero attached hydrogens (tertiary/aromatic N) is 4. The van der Waals surface area contributed by atoms with Crippen LogP contribution in [-0.4, -0.2) is 20.6 Å². The Morgan fingerprint density at radius 3 is 2.65 bits per heavy atom. The second-order valence-electron chi connectivity index (χ2n) is 7.23. The standard InChI is InChI=1S/C21H21N5/c1-13-4-8-15(9-5-13)26-20(16-3-2-12-23-19(16)22)25-18-11-10-17(14-6-7-14)24-21(18)26/h2-5,8-9,11-12,14,17H,6-7,10H2,1H3,(H2,22,23). The van der Waals surface area contributed by atoms with Crippen molar-refractivity contribution in [1.29, 1.82) is 0 Å². The van der Waals surface area contributed by atoms with Gasteiger partial charge in [-0.3, -0.25) is 9.56 Å². The topological polar surface area (TPSA) is 69.1 Å². The van der Waals surface area contributed by atoms with E-state index in [1.54, 1.807) is 6.20 Å². The quantitative estimate of drug-likeness (QED) is 0.794. The SMILES string of the molecule is Cc1ccc(-n2c(-c3cccnc3N)nc3c2=NC(C2CC2)CC=3)cc1. The Morgan fingerprint density at radius 1 is 1.12 bits per heavy atom. The number of rotatable bonds is 3. The van der Waals surface area contributed by atoms with Crippen LogP contribution in [0.15, 0.2) is 47.6 Å². The minimum absolute atomic E-state index is 0.377. The molecule has 2 aromatic heterocycles. The van der Waals surface area contributed by atoms with Crippen molar-refractivity contribution in [1.82, 2.24) is 14.5 Å². The summed E-state index contributed by atoms with van der Waals surface area (Å²) in [6.45, 7) is 2.09. The Labute approximate surface area is 151 Å². The van der Waals surface area contributed by atoms with Crippen LogP contribution >= 0.6 is 0 Å². The Bertz CT molecular complexity index is 1090. The molecule has 3 heterocycles. The largest absolute Gasteiger partial charge is 0.383 e. The average Bonchev–Trinajstić information content (AvgIpc) is 3.44. The first-order valence-electron chi connectivity index (χ1n) is 9.15. The van der Waals surface area contributed by atoms with Crippen molar-refractivity contribution in [2.75, 3.05) is 5.73 Å². The first-order valence-corrected chi connectivity index (χ1v) is 9.15. The van der Waals surface area contributed by atoms with Crippen LogP contribution in [-0.2, 0) is 0 Å². The third kappa shape index (κ3) is 2.51. The van der Waals surface area contributed by atoms with E-state index >= 15 is 0 Å². The molecule has 0 saturated heterocycles. The van der Waals surface area contributed by atoms with E-state index in [1.807, 2.05) is 12.1 Å². The van der Waals surface area contributed by atoms with Gasteiger partial charge in [-0.2, -0.15) is 0 Å². The Hall–Kier alpha value is -2.95. The van der Waals surface area contributed by atoms with Crippen LogP contribution in [0.5, 0.6) is 0 Å². The van der Waals surface area contributed by atoms with Gasteiger partial charge in [0, 0.05) is 11.9 Å². The van der Waals surface area contributed by atoms with Gasteiger partial charge in [0.1, 0.15) is 11.2 Å². The van der Waals surface area contributed by atoms with E-state index < -0.39 is 0 Å². The zero-order valence-corrected chi connectivity index (χ0v) is 14.8. The maximum Gasteiger partial charge on any atom is 0.160 e. The van der Waals surface area contributed by atoms with Gasteiger partial charge in [-0.25, -0.2) is 9.97 Å². The van der Waals surface area contributed by atoms with Crippen LogP contribution in [0.2, 0.25) is 0 Å². The summed E-state index contributed by atoms with van der Waals surface area (Å²) in [5.41, 5.74) is 10.2. The van der Waals surface area contributed by atoms with Gasteiger partial charge < -0.3 is 5.73 Å². The van der Waals surface area contributed by atoms with E-state index in [0.29, 0.717) is 11.9 Å². The second-order valence-corrected chi connectivity index (χ2v) is 7.23. The van der Waals surface area contributed by atoms with Crippen molar-refractivity contribution >= 4 is 11.9 Å². The molecule has 0 amide bonds. The fourth-order valence-corrected chi connectivity index (χ4v) is 3.64. The highest BCUT2D eigenvalue weighted by Gasteiger charge is 2.32. The Balaban J connectivity index is 1.80. The number of imidazole rings is 1. The van der Waals surface area contributed by atoms with E-state index in [-0.39, 0.29) is 0 Å². The number of pyridine rings is 1. The van der Waals surface area contributed by atoms with Crippen molar-refractivity contribution in [3.63, 3.8) is 0 Å². The molecule has 1 aliphatic heterocycles. The second kappa shape index (κ2) is 5.80. The minimum Gasteiger partial charge on any atom is -0.383 e. The lowest BCUT2D eigenvalue weighted by molar-refractivity contribution is 0.584. The van der Waals surface area contributed by atoms with E-state index in [0.717, 1.165) is 40.3 Å². The molecule has 0 radical (unpaired) electrons. The first-order chi connectivity index (χ1) is 12.7. The molecule has 2 N–H and O–H groups in total. The summed E-state index contributed by atoms with van der Waals surface area (Å²) in [6, 6.07) is 12.7. The highest BCUT2D eigenvalue weighted by molar-refractivity contribution is 5.70. The normalized spacial score (nSPS) is 18.7. The van der Waals surface area contributed by atoms with Crippen LogP contribution in [0.1, 0.15) is 24.8 Å². The van der Waals surface area contributed by atoms with Crippen LogP contribution in [0, 0.1) is 12.8 Å². The van der Waals surface area contributed by atoms with E-state index in [9.17, 15) is 0 Å². The number of nitrogen functional groups attached to an aromatic ring is 1. The molecule has 0 spiro atoms. The predicted octanol–water partition coefficient (Wildman–Crippen LogP) is 2.41. The van der Waals surface area contributed by atoms with Gasteiger partial charge in [-0.1, -0.05) is 23.8 Å². The van der Waals surface area contributed by atoms with Crippen molar-refractivity contribution in [2.24, 2.45) is 10.9 Å². The summed E-state index contributed by atoms with van der Waals surface area (Å²) in [4.78, 5) is 14.2. The molecule has 5 rings (SSSR count). The van der Waals surface area contributed by atoms with E-state index in [1.165, 1.54) is 18.4 Å². The molecular formula is C21H21N5. The molecule has 1 saturated carbocycles. The number of fused-ring (bicyclic) bond motifs is 1. The molecule has 2 aliphatic rings. The molecule has 3 aromatic rings. The van der Waals surface area contributed by atoms with Gasteiger partial charge in [0.2, 0.25) is 0 Å². The number of nitrogens with two attached hydrogens (primary N) is 1. The highest BCUT2D eigenvalue weighted by Crippen LogP contribution is 2.36. The summed E-state index contributed by atoms with van der Waals surface area (Å²) < 4.78 is 2.13. The van der Waals surface area contributed by atoms with Gasteiger partial charge in [0.15, 0.2) is 11.3 Å². The first kappa shape index (κ1) is 15.3.